The summed E-state index contributed by atoms with van der Waals surface area (Å²) < 4.78 is 4.82. The normalized spacial score (nSPS) is 57.5. The van der Waals surface area contributed by atoms with Crippen LogP contribution in [0.15, 0.2) is 0 Å². The topological polar surface area (TPSA) is 26.3 Å². The molecule has 3 atom stereocenters. The van der Waals surface area contributed by atoms with Gasteiger partial charge in [0.2, 0.25) is 0 Å². The van der Waals surface area contributed by atoms with E-state index in [1.807, 2.05) is 0 Å². The molecular weight excluding hydrogens is 176 g/mol. The van der Waals surface area contributed by atoms with Gasteiger partial charge in [0, 0.05) is 0 Å². The summed E-state index contributed by atoms with van der Waals surface area (Å²) in [5.41, 5.74) is 0.723. The molecule has 4 aliphatic carbocycles. The fraction of sp³-hybridized carbons (Fsp3) is 0.917. The maximum absolute atomic E-state index is 11.4. The van der Waals surface area contributed by atoms with Gasteiger partial charge in [-0.2, -0.15) is 0 Å². The minimum absolute atomic E-state index is 0.0214. The first-order chi connectivity index (χ1) is 6.54. The molecule has 0 radical (unpaired) electrons. The summed E-state index contributed by atoms with van der Waals surface area (Å²) in [5, 5.41) is 0. The lowest BCUT2D eigenvalue weighted by atomic mass is 9.72. The summed E-state index contributed by atoms with van der Waals surface area (Å²) >= 11 is 0. The molecule has 4 saturated carbocycles. The van der Waals surface area contributed by atoms with Gasteiger partial charge in [-0.05, 0) is 41.4 Å². The molecule has 0 aromatic rings. The van der Waals surface area contributed by atoms with Crippen LogP contribution in [-0.2, 0) is 9.53 Å². The second kappa shape index (κ2) is 2.17. The Morgan fingerprint density at radius 2 is 1.93 bits per heavy atom. The van der Waals surface area contributed by atoms with E-state index in [-0.39, 0.29) is 11.4 Å². The molecule has 14 heavy (non-hydrogen) atoms. The van der Waals surface area contributed by atoms with E-state index in [9.17, 15) is 4.79 Å². The number of rotatable bonds is 2. The number of hydrogen-bond donors (Lipinski definition) is 0. The lowest BCUT2D eigenvalue weighted by Gasteiger charge is -2.32. The first kappa shape index (κ1) is 8.75. The van der Waals surface area contributed by atoms with Crippen LogP contribution in [0.25, 0.3) is 0 Å². The average Bonchev–Trinajstić information content (AvgIpc) is 2.55. The van der Waals surface area contributed by atoms with Gasteiger partial charge < -0.3 is 4.74 Å². The molecule has 0 amide bonds. The predicted octanol–water partition coefficient (Wildman–Crippen LogP) is 2.23. The quantitative estimate of drug-likeness (QED) is 0.630. The Hall–Kier alpha value is -0.530. The second-order valence-corrected chi connectivity index (χ2v) is 5.83. The molecule has 2 heteroatoms. The Morgan fingerprint density at radius 3 is 2.29 bits per heavy atom. The van der Waals surface area contributed by atoms with Crippen LogP contribution in [-0.4, -0.2) is 13.1 Å². The Bertz CT molecular complexity index is 297. The van der Waals surface area contributed by atoms with E-state index in [4.69, 9.17) is 4.74 Å². The van der Waals surface area contributed by atoms with Gasteiger partial charge in [0.15, 0.2) is 0 Å². The van der Waals surface area contributed by atoms with E-state index >= 15 is 0 Å². The van der Waals surface area contributed by atoms with Crippen molar-refractivity contribution >= 4 is 5.97 Å². The lowest BCUT2D eigenvalue weighted by Crippen LogP contribution is -2.30. The smallest absolute Gasteiger partial charge is 0.306 e. The monoisotopic (exact) mass is 194 g/mol. The maximum Gasteiger partial charge on any atom is 0.306 e. The molecule has 0 aliphatic heterocycles. The number of carbonyl (C=O) groups excluding carboxylic acids is 1. The predicted molar refractivity (Wildman–Crippen MR) is 52.6 cm³/mol. The zero-order chi connectivity index (χ0) is 10.1. The zero-order valence-corrected chi connectivity index (χ0v) is 9.17. The van der Waals surface area contributed by atoms with Gasteiger partial charge in [-0.1, -0.05) is 13.8 Å². The van der Waals surface area contributed by atoms with Crippen molar-refractivity contribution in [1.29, 1.82) is 0 Å². The van der Waals surface area contributed by atoms with E-state index < -0.39 is 0 Å². The summed E-state index contributed by atoms with van der Waals surface area (Å²) in [7, 11) is 1.50. The lowest BCUT2D eigenvalue weighted by molar-refractivity contribution is -0.144. The van der Waals surface area contributed by atoms with Crippen LogP contribution in [0, 0.1) is 28.6 Å². The molecule has 0 N–H and O–H groups in total. The molecule has 4 bridgehead atoms. The fourth-order valence-electron chi connectivity index (χ4n) is 4.74. The van der Waals surface area contributed by atoms with Crippen molar-refractivity contribution in [2.75, 3.05) is 7.11 Å². The summed E-state index contributed by atoms with van der Waals surface area (Å²) in [6.07, 6.45) is 3.38. The molecule has 4 rings (SSSR count). The van der Waals surface area contributed by atoms with Gasteiger partial charge in [-0.25, -0.2) is 0 Å². The van der Waals surface area contributed by atoms with Crippen molar-refractivity contribution in [2.24, 2.45) is 28.6 Å². The number of esters is 1. The SMILES string of the molecule is COC(=O)CC1(C)C2CC3C(C2)C31C. The highest BCUT2D eigenvalue weighted by molar-refractivity contribution is 5.71. The van der Waals surface area contributed by atoms with Crippen LogP contribution >= 0.6 is 0 Å². The second-order valence-electron chi connectivity index (χ2n) is 5.83. The molecule has 78 valence electrons. The van der Waals surface area contributed by atoms with E-state index in [1.54, 1.807) is 0 Å². The Balaban J connectivity index is 1.88. The van der Waals surface area contributed by atoms with Gasteiger partial charge in [0.1, 0.15) is 0 Å². The molecule has 4 fully saturated rings. The Labute approximate surface area is 85.0 Å². The standard InChI is InChI=1S/C12H18O2/c1-11(6-10(13)14-3)7-4-8-9(5-7)12(8,11)2/h7-9H,4-6H2,1-3H3. The fourth-order valence-corrected chi connectivity index (χ4v) is 4.74. The first-order valence-electron chi connectivity index (χ1n) is 5.61. The van der Waals surface area contributed by atoms with Gasteiger partial charge in [-0.15, -0.1) is 0 Å². The number of methoxy groups -OCH3 is 1. The third-order valence-corrected chi connectivity index (χ3v) is 5.86. The third-order valence-electron chi connectivity index (χ3n) is 5.86. The highest BCUT2D eigenvalue weighted by atomic mass is 16.5. The Kier molecular flexibility index (Phi) is 1.36. The van der Waals surface area contributed by atoms with Gasteiger partial charge >= 0.3 is 5.97 Å². The van der Waals surface area contributed by atoms with Crippen LogP contribution in [0.3, 0.4) is 0 Å². The average molecular weight is 194 g/mol. The van der Waals surface area contributed by atoms with Crippen LogP contribution in [0.4, 0.5) is 0 Å². The molecule has 4 aliphatic rings. The van der Waals surface area contributed by atoms with Gasteiger partial charge in [-0.3, -0.25) is 4.79 Å². The van der Waals surface area contributed by atoms with E-state index in [0.717, 1.165) is 17.8 Å². The minimum atomic E-state index is -0.0214. The van der Waals surface area contributed by atoms with E-state index in [1.165, 1.54) is 20.0 Å². The number of carbonyl (C=O) groups is 1. The highest BCUT2D eigenvalue weighted by Gasteiger charge is 2.81. The van der Waals surface area contributed by atoms with Crippen molar-refractivity contribution in [1.82, 2.24) is 0 Å². The zero-order valence-electron chi connectivity index (χ0n) is 9.17. The molecule has 0 aromatic heterocycles. The van der Waals surface area contributed by atoms with Gasteiger partial charge in [0.25, 0.3) is 0 Å². The third kappa shape index (κ3) is 0.665. The molecular formula is C12H18O2. The summed E-state index contributed by atoms with van der Waals surface area (Å²) in [4.78, 5) is 11.4. The molecule has 3 unspecified atom stereocenters. The van der Waals surface area contributed by atoms with Gasteiger partial charge in [0.05, 0.1) is 13.5 Å². The van der Waals surface area contributed by atoms with Crippen molar-refractivity contribution < 1.29 is 9.53 Å². The summed E-state index contributed by atoms with van der Waals surface area (Å²) in [6.45, 7) is 4.69. The minimum Gasteiger partial charge on any atom is -0.469 e. The molecule has 0 spiro atoms. The number of ether oxygens (including phenoxy) is 1. The van der Waals surface area contributed by atoms with E-state index in [0.29, 0.717) is 11.8 Å². The molecule has 0 aromatic carbocycles. The molecule has 0 saturated heterocycles. The summed E-state index contributed by atoms with van der Waals surface area (Å²) in [6, 6.07) is 0. The van der Waals surface area contributed by atoms with Crippen LogP contribution < -0.4 is 0 Å². The van der Waals surface area contributed by atoms with Crippen LogP contribution in [0.5, 0.6) is 0 Å². The van der Waals surface area contributed by atoms with Crippen LogP contribution in [0.2, 0.25) is 0 Å². The van der Waals surface area contributed by atoms with Crippen LogP contribution in [0.1, 0.15) is 33.1 Å². The Morgan fingerprint density at radius 1 is 1.36 bits per heavy atom. The number of hydrogen-bond acceptors (Lipinski definition) is 2. The highest BCUT2D eigenvalue weighted by Crippen LogP contribution is 2.86. The van der Waals surface area contributed by atoms with Crippen molar-refractivity contribution in [3.05, 3.63) is 0 Å². The first-order valence-corrected chi connectivity index (χ1v) is 5.61. The van der Waals surface area contributed by atoms with E-state index in [2.05, 4.69) is 13.8 Å². The largest absolute Gasteiger partial charge is 0.469 e. The summed E-state index contributed by atoms with van der Waals surface area (Å²) in [5.74, 6) is 2.64. The van der Waals surface area contributed by atoms with Crippen molar-refractivity contribution in [3.63, 3.8) is 0 Å². The maximum atomic E-state index is 11.4. The molecule has 0 heterocycles. The van der Waals surface area contributed by atoms with Crippen molar-refractivity contribution in [2.45, 2.75) is 33.1 Å². The molecule has 2 nitrogen and oxygen atoms in total. The van der Waals surface area contributed by atoms with Crippen molar-refractivity contribution in [3.8, 4) is 0 Å².